The van der Waals surface area contributed by atoms with Gasteiger partial charge in [-0.05, 0) is 20.8 Å². The molecule has 0 saturated carbocycles. The first-order valence-electron chi connectivity index (χ1n) is 5.21. The molecule has 1 aromatic carbocycles. The van der Waals surface area contributed by atoms with Crippen LogP contribution in [0.2, 0.25) is 0 Å². The van der Waals surface area contributed by atoms with Crippen molar-refractivity contribution in [3.8, 4) is 17.2 Å². The number of phenolic OH excluding ortho intramolecular Hbond substituents is 2. The van der Waals surface area contributed by atoms with Crippen molar-refractivity contribution in [2.75, 3.05) is 13.7 Å². The van der Waals surface area contributed by atoms with Crippen LogP contribution in [0, 0.1) is 13.8 Å². The van der Waals surface area contributed by atoms with Crippen molar-refractivity contribution >= 4 is 5.97 Å². The quantitative estimate of drug-likeness (QED) is 0.623. The Morgan fingerprint density at radius 2 is 1.76 bits per heavy atom. The van der Waals surface area contributed by atoms with E-state index in [2.05, 4.69) is 0 Å². The number of carbonyl (C=O) groups excluding carboxylic acids is 1. The van der Waals surface area contributed by atoms with Crippen molar-refractivity contribution < 1.29 is 24.5 Å². The van der Waals surface area contributed by atoms with Crippen LogP contribution in [0.25, 0.3) is 0 Å². The van der Waals surface area contributed by atoms with Crippen molar-refractivity contribution in [3.63, 3.8) is 0 Å². The molecule has 5 heteroatoms. The summed E-state index contributed by atoms with van der Waals surface area (Å²) < 4.78 is 9.79. The van der Waals surface area contributed by atoms with E-state index in [0.29, 0.717) is 5.56 Å². The summed E-state index contributed by atoms with van der Waals surface area (Å²) in [4.78, 5) is 11.7. The van der Waals surface area contributed by atoms with Crippen LogP contribution in [0.4, 0.5) is 0 Å². The minimum Gasteiger partial charge on any atom is -0.507 e. The Morgan fingerprint density at radius 3 is 2.24 bits per heavy atom. The third kappa shape index (κ3) is 2.13. The predicted molar refractivity (Wildman–Crippen MR) is 61.8 cm³/mol. The van der Waals surface area contributed by atoms with Crippen molar-refractivity contribution in [1.29, 1.82) is 0 Å². The number of phenols is 2. The molecule has 0 aliphatic rings. The second kappa shape index (κ2) is 4.95. The smallest absolute Gasteiger partial charge is 0.342 e. The van der Waals surface area contributed by atoms with Gasteiger partial charge in [0.25, 0.3) is 0 Å². The van der Waals surface area contributed by atoms with Gasteiger partial charge in [-0.15, -0.1) is 0 Å². The zero-order valence-corrected chi connectivity index (χ0v) is 10.3. The molecule has 0 aliphatic heterocycles. The second-order valence-corrected chi connectivity index (χ2v) is 3.58. The molecular formula is C12H16O5. The van der Waals surface area contributed by atoms with Crippen LogP contribution in [0.1, 0.15) is 28.4 Å². The fourth-order valence-electron chi connectivity index (χ4n) is 1.64. The fourth-order valence-corrected chi connectivity index (χ4v) is 1.64. The molecule has 0 atom stereocenters. The van der Waals surface area contributed by atoms with Crippen molar-refractivity contribution in [1.82, 2.24) is 0 Å². The summed E-state index contributed by atoms with van der Waals surface area (Å²) in [5.74, 6) is -0.891. The monoisotopic (exact) mass is 240 g/mol. The van der Waals surface area contributed by atoms with Gasteiger partial charge < -0.3 is 19.7 Å². The largest absolute Gasteiger partial charge is 0.507 e. The Kier molecular flexibility index (Phi) is 3.83. The third-order valence-electron chi connectivity index (χ3n) is 2.56. The van der Waals surface area contributed by atoms with Crippen LogP contribution in [-0.2, 0) is 4.74 Å². The van der Waals surface area contributed by atoms with Crippen LogP contribution in [0.3, 0.4) is 0 Å². The van der Waals surface area contributed by atoms with E-state index in [0.717, 1.165) is 0 Å². The number of carbonyl (C=O) groups is 1. The third-order valence-corrected chi connectivity index (χ3v) is 2.56. The second-order valence-electron chi connectivity index (χ2n) is 3.58. The molecule has 0 spiro atoms. The zero-order valence-electron chi connectivity index (χ0n) is 10.3. The van der Waals surface area contributed by atoms with Gasteiger partial charge in [0.05, 0.1) is 13.7 Å². The van der Waals surface area contributed by atoms with Gasteiger partial charge >= 0.3 is 5.97 Å². The molecular weight excluding hydrogens is 224 g/mol. The normalized spacial score (nSPS) is 10.1. The number of aromatic hydroxyl groups is 2. The molecule has 0 fully saturated rings. The van der Waals surface area contributed by atoms with Crippen LogP contribution >= 0.6 is 0 Å². The average molecular weight is 240 g/mol. The van der Waals surface area contributed by atoms with E-state index in [1.54, 1.807) is 13.8 Å². The van der Waals surface area contributed by atoms with E-state index in [4.69, 9.17) is 9.47 Å². The number of hydrogen-bond acceptors (Lipinski definition) is 5. The summed E-state index contributed by atoms with van der Waals surface area (Å²) in [7, 11) is 1.38. The molecule has 94 valence electrons. The van der Waals surface area contributed by atoms with Crippen molar-refractivity contribution in [2.24, 2.45) is 0 Å². The van der Waals surface area contributed by atoms with Crippen LogP contribution in [0.15, 0.2) is 0 Å². The van der Waals surface area contributed by atoms with Gasteiger partial charge in [0, 0.05) is 11.1 Å². The van der Waals surface area contributed by atoms with Crippen molar-refractivity contribution in [3.05, 3.63) is 16.7 Å². The molecule has 0 radical (unpaired) electrons. The van der Waals surface area contributed by atoms with Gasteiger partial charge in [0.2, 0.25) is 0 Å². The number of hydrogen-bond donors (Lipinski definition) is 2. The Hall–Kier alpha value is -1.91. The maximum atomic E-state index is 11.7. The molecule has 0 unspecified atom stereocenters. The van der Waals surface area contributed by atoms with Crippen LogP contribution in [0.5, 0.6) is 17.2 Å². The van der Waals surface area contributed by atoms with Crippen LogP contribution < -0.4 is 4.74 Å². The van der Waals surface area contributed by atoms with Gasteiger partial charge in [-0.2, -0.15) is 0 Å². The lowest BCUT2D eigenvalue weighted by Gasteiger charge is -2.15. The molecule has 0 amide bonds. The molecule has 17 heavy (non-hydrogen) atoms. The van der Waals surface area contributed by atoms with Gasteiger partial charge in [-0.1, -0.05) is 0 Å². The minimum atomic E-state index is -0.663. The topological polar surface area (TPSA) is 76.0 Å². The maximum Gasteiger partial charge on any atom is 0.342 e. The number of methoxy groups -OCH3 is 1. The van der Waals surface area contributed by atoms with E-state index >= 15 is 0 Å². The Bertz CT molecular complexity index is 422. The Labute approximate surface area is 99.6 Å². The Balaban J connectivity index is 3.48. The molecule has 0 saturated heterocycles. The summed E-state index contributed by atoms with van der Waals surface area (Å²) in [6.07, 6.45) is 0. The maximum absolute atomic E-state index is 11.7. The molecule has 5 nitrogen and oxygen atoms in total. The summed E-state index contributed by atoms with van der Waals surface area (Å²) >= 11 is 0. The molecule has 0 aromatic heterocycles. The molecule has 0 aliphatic carbocycles. The highest BCUT2D eigenvalue weighted by molar-refractivity contribution is 5.96. The highest BCUT2D eigenvalue weighted by Gasteiger charge is 2.24. The lowest BCUT2D eigenvalue weighted by atomic mass is 10.0. The SMILES string of the molecule is CCOC(=O)c1c(C)c(O)c(OC)c(C)c1O. The number of rotatable bonds is 3. The Morgan fingerprint density at radius 1 is 1.18 bits per heavy atom. The summed E-state index contributed by atoms with van der Waals surface area (Å²) in [6, 6.07) is 0. The highest BCUT2D eigenvalue weighted by atomic mass is 16.5. The first kappa shape index (κ1) is 13.2. The number of benzene rings is 1. The van der Waals surface area contributed by atoms with Gasteiger partial charge in [0.15, 0.2) is 11.5 Å². The first-order chi connectivity index (χ1) is 7.95. The zero-order chi connectivity index (χ0) is 13.2. The van der Waals surface area contributed by atoms with Crippen molar-refractivity contribution in [2.45, 2.75) is 20.8 Å². The van der Waals surface area contributed by atoms with Gasteiger partial charge in [-0.3, -0.25) is 0 Å². The summed E-state index contributed by atoms with van der Waals surface area (Å²) in [6.45, 7) is 4.93. The molecule has 0 heterocycles. The molecule has 1 rings (SSSR count). The minimum absolute atomic E-state index is 0.0253. The first-order valence-corrected chi connectivity index (χ1v) is 5.21. The standard InChI is InChI=1S/C12H16O5/c1-5-17-12(15)8-6(2)10(14)11(16-4)7(3)9(8)13/h13-14H,5H2,1-4H3. The summed E-state index contributed by atoms with van der Waals surface area (Å²) in [5, 5.41) is 19.8. The molecule has 1 aromatic rings. The van der Waals surface area contributed by atoms with E-state index in [1.807, 2.05) is 0 Å². The molecule has 2 N–H and O–H groups in total. The van der Waals surface area contributed by atoms with E-state index < -0.39 is 5.97 Å². The summed E-state index contributed by atoms with van der Waals surface area (Å²) in [5.41, 5.74) is 0.518. The lowest BCUT2D eigenvalue weighted by Crippen LogP contribution is -2.08. The van der Waals surface area contributed by atoms with E-state index in [1.165, 1.54) is 14.0 Å². The van der Waals surface area contributed by atoms with E-state index in [-0.39, 0.29) is 35.0 Å². The fraction of sp³-hybridized carbons (Fsp3) is 0.417. The number of ether oxygens (including phenoxy) is 2. The number of esters is 1. The lowest BCUT2D eigenvalue weighted by molar-refractivity contribution is 0.0521. The van der Waals surface area contributed by atoms with Gasteiger partial charge in [-0.25, -0.2) is 4.79 Å². The highest BCUT2D eigenvalue weighted by Crippen LogP contribution is 2.42. The molecule has 0 bridgehead atoms. The van der Waals surface area contributed by atoms with Gasteiger partial charge in [0.1, 0.15) is 11.3 Å². The predicted octanol–water partition coefficient (Wildman–Crippen LogP) is 1.90. The van der Waals surface area contributed by atoms with E-state index in [9.17, 15) is 15.0 Å². The van der Waals surface area contributed by atoms with Crippen LogP contribution in [-0.4, -0.2) is 29.9 Å². The average Bonchev–Trinajstić information content (AvgIpc) is 2.28.